The number of rotatable bonds is 6. The summed E-state index contributed by atoms with van der Waals surface area (Å²) in [6.07, 6.45) is 0. The van der Waals surface area contributed by atoms with Crippen LogP contribution in [0.5, 0.6) is 0 Å². The van der Waals surface area contributed by atoms with Crippen LogP contribution >= 0.6 is 0 Å². The maximum absolute atomic E-state index is 13.1. The smallest absolute Gasteiger partial charge is 0.359 e. The van der Waals surface area contributed by atoms with Crippen LogP contribution < -0.4 is 0 Å². The summed E-state index contributed by atoms with van der Waals surface area (Å²) in [7, 11) is 0. The number of ether oxygens (including phenoxy) is 1. The minimum absolute atomic E-state index is 0.0845. The number of nitrogens with zero attached hydrogens (tertiary/aromatic N) is 4. The molecule has 0 fully saturated rings. The van der Waals surface area contributed by atoms with E-state index in [4.69, 9.17) is 4.74 Å². The first-order valence-electron chi connectivity index (χ1n) is 8.76. The molecule has 0 atom stereocenters. The summed E-state index contributed by atoms with van der Waals surface area (Å²) < 4.78 is 6.39. The van der Waals surface area contributed by atoms with Crippen molar-refractivity contribution >= 4 is 17.4 Å². The molecule has 3 aromatic rings. The second kappa shape index (κ2) is 8.27. The molecule has 0 aliphatic rings. The fourth-order valence-corrected chi connectivity index (χ4v) is 2.94. The lowest BCUT2D eigenvalue weighted by Gasteiger charge is -2.07. The molecule has 144 valence electrons. The van der Waals surface area contributed by atoms with Crippen molar-refractivity contribution in [1.82, 2.24) is 9.78 Å². The molecule has 0 saturated heterocycles. The largest absolute Gasteiger partial charge is 0.461 e. The highest BCUT2D eigenvalue weighted by atomic mass is 16.5. The minimum atomic E-state index is -0.738. The third-order valence-electron chi connectivity index (χ3n) is 4.28. The third kappa shape index (κ3) is 3.66. The van der Waals surface area contributed by atoms with Gasteiger partial charge in [0.25, 0.3) is 0 Å². The monoisotopic (exact) mass is 388 g/mol. The van der Waals surface area contributed by atoms with Gasteiger partial charge in [0.1, 0.15) is 11.8 Å². The van der Waals surface area contributed by atoms with Gasteiger partial charge in [-0.25, -0.2) is 9.48 Å². The predicted octanol–water partition coefficient (Wildman–Crippen LogP) is 3.86. The topological polar surface area (TPSA) is 114 Å². The van der Waals surface area contributed by atoms with E-state index >= 15 is 0 Å². The molecule has 0 spiro atoms. The second-order valence-electron chi connectivity index (χ2n) is 6.04. The number of aromatic nitrogens is 2. The maximum atomic E-state index is 13.1. The first kappa shape index (κ1) is 19.6. The summed E-state index contributed by atoms with van der Waals surface area (Å²) >= 11 is 0. The van der Waals surface area contributed by atoms with Crippen molar-refractivity contribution in [3.05, 3.63) is 81.5 Å². The van der Waals surface area contributed by atoms with Gasteiger partial charge in [0.15, 0.2) is 11.5 Å². The number of benzene rings is 2. The van der Waals surface area contributed by atoms with Crippen LogP contribution in [0.15, 0.2) is 53.7 Å². The quantitative estimate of drug-likeness (QED) is 0.360. The number of hydrogen-bond acceptors (Lipinski definition) is 7. The maximum Gasteiger partial charge on any atom is 0.359 e. The van der Waals surface area contributed by atoms with Gasteiger partial charge in [0.2, 0.25) is 0 Å². The molecule has 0 aliphatic carbocycles. The average Bonchev–Trinajstić information content (AvgIpc) is 3.10. The van der Waals surface area contributed by atoms with E-state index in [2.05, 4.69) is 10.3 Å². The van der Waals surface area contributed by atoms with E-state index in [0.717, 1.165) is 0 Å². The number of esters is 1. The SMILES string of the molecule is CCOC(=O)c1nn(-c2ccc(N=O)cc2C#N)c(C)c1C(=O)c1ccccc1. The number of carbonyl (C=O) groups excluding carboxylic acids is 2. The van der Waals surface area contributed by atoms with Crippen LogP contribution in [0.3, 0.4) is 0 Å². The number of carbonyl (C=O) groups is 2. The molecule has 0 N–H and O–H groups in total. The first-order valence-corrected chi connectivity index (χ1v) is 8.76. The summed E-state index contributed by atoms with van der Waals surface area (Å²) in [5.74, 6) is -1.12. The van der Waals surface area contributed by atoms with Crippen molar-refractivity contribution in [2.45, 2.75) is 13.8 Å². The van der Waals surface area contributed by atoms with Crippen LogP contribution in [0.4, 0.5) is 5.69 Å². The van der Waals surface area contributed by atoms with Gasteiger partial charge in [0.05, 0.1) is 29.1 Å². The molecule has 2 aromatic carbocycles. The van der Waals surface area contributed by atoms with Gasteiger partial charge < -0.3 is 4.74 Å². The molecule has 0 amide bonds. The molecule has 0 saturated carbocycles. The number of ketones is 1. The Morgan fingerprint density at radius 2 is 1.93 bits per heavy atom. The first-order chi connectivity index (χ1) is 14.0. The molecule has 0 aliphatic heterocycles. The van der Waals surface area contributed by atoms with E-state index < -0.39 is 5.97 Å². The molecule has 29 heavy (non-hydrogen) atoms. The Balaban J connectivity index is 2.24. The van der Waals surface area contributed by atoms with Gasteiger partial charge in [0, 0.05) is 5.56 Å². The van der Waals surface area contributed by atoms with Gasteiger partial charge in [-0.15, -0.1) is 4.91 Å². The molecular formula is C21H16N4O4. The number of nitroso groups, excluding NO2 is 1. The zero-order valence-corrected chi connectivity index (χ0v) is 15.7. The summed E-state index contributed by atoms with van der Waals surface area (Å²) in [6, 6.07) is 14.7. The molecule has 1 heterocycles. The lowest BCUT2D eigenvalue weighted by atomic mass is 10.0. The molecule has 3 rings (SSSR count). The summed E-state index contributed by atoms with van der Waals surface area (Å²) in [5, 5.41) is 16.5. The van der Waals surface area contributed by atoms with Gasteiger partial charge >= 0.3 is 5.97 Å². The van der Waals surface area contributed by atoms with Crippen LogP contribution in [0.2, 0.25) is 0 Å². The molecule has 1 aromatic heterocycles. The highest BCUT2D eigenvalue weighted by Crippen LogP contribution is 2.26. The van der Waals surface area contributed by atoms with E-state index in [-0.39, 0.29) is 34.9 Å². The van der Waals surface area contributed by atoms with E-state index in [0.29, 0.717) is 16.9 Å². The fourth-order valence-electron chi connectivity index (χ4n) is 2.94. The predicted molar refractivity (Wildman–Crippen MR) is 104 cm³/mol. The zero-order valence-electron chi connectivity index (χ0n) is 15.7. The van der Waals surface area contributed by atoms with Crippen molar-refractivity contribution in [2.24, 2.45) is 5.18 Å². The van der Waals surface area contributed by atoms with Gasteiger partial charge in [-0.1, -0.05) is 30.3 Å². The normalized spacial score (nSPS) is 10.2. The second-order valence-corrected chi connectivity index (χ2v) is 6.04. The van der Waals surface area contributed by atoms with Crippen molar-refractivity contribution in [3.63, 3.8) is 0 Å². The van der Waals surface area contributed by atoms with Crippen LogP contribution in [-0.4, -0.2) is 28.1 Å². The van der Waals surface area contributed by atoms with E-state index in [1.165, 1.54) is 22.9 Å². The van der Waals surface area contributed by atoms with Crippen molar-refractivity contribution in [3.8, 4) is 11.8 Å². The zero-order chi connectivity index (χ0) is 21.0. The van der Waals surface area contributed by atoms with Gasteiger partial charge in [-0.05, 0) is 37.2 Å². The lowest BCUT2D eigenvalue weighted by Crippen LogP contribution is -2.12. The Bertz CT molecular complexity index is 1140. The minimum Gasteiger partial charge on any atom is -0.461 e. The Morgan fingerprint density at radius 3 is 2.55 bits per heavy atom. The third-order valence-corrected chi connectivity index (χ3v) is 4.28. The highest BCUT2D eigenvalue weighted by molar-refractivity contribution is 6.14. The Hall–Kier alpha value is -4.12. The van der Waals surface area contributed by atoms with Crippen molar-refractivity contribution < 1.29 is 14.3 Å². The Morgan fingerprint density at radius 1 is 1.21 bits per heavy atom. The van der Waals surface area contributed by atoms with E-state index in [9.17, 15) is 19.8 Å². The fraction of sp³-hybridized carbons (Fsp3) is 0.143. The number of hydrogen-bond donors (Lipinski definition) is 0. The van der Waals surface area contributed by atoms with Crippen LogP contribution in [0.25, 0.3) is 5.69 Å². The van der Waals surface area contributed by atoms with Crippen LogP contribution in [0, 0.1) is 23.2 Å². The number of nitriles is 1. The van der Waals surface area contributed by atoms with E-state index in [1.54, 1.807) is 44.2 Å². The molecule has 8 heteroatoms. The van der Waals surface area contributed by atoms with Crippen molar-refractivity contribution in [1.29, 1.82) is 5.26 Å². The van der Waals surface area contributed by atoms with Crippen LogP contribution in [-0.2, 0) is 4.74 Å². The average molecular weight is 388 g/mol. The summed E-state index contributed by atoms with van der Waals surface area (Å²) in [5.41, 5.74) is 1.24. The highest BCUT2D eigenvalue weighted by Gasteiger charge is 2.28. The Kier molecular flexibility index (Phi) is 5.60. The van der Waals surface area contributed by atoms with Gasteiger partial charge in [-0.2, -0.15) is 10.4 Å². The molecule has 0 radical (unpaired) electrons. The molecule has 0 unspecified atom stereocenters. The summed E-state index contributed by atoms with van der Waals surface area (Å²) in [4.78, 5) is 36.4. The molecule has 8 nitrogen and oxygen atoms in total. The molecule has 0 bridgehead atoms. The van der Waals surface area contributed by atoms with Crippen molar-refractivity contribution in [2.75, 3.05) is 6.61 Å². The van der Waals surface area contributed by atoms with E-state index in [1.807, 2.05) is 6.07 Å². The van der Waals surface area contributed by atoms with Crippen LogP contribution in [0.1, 0.15) is 44.6 Å². The standard InChI is InChI=1S/C21H16N4O4/c1-3-29-21(27)19-18(20(26)14-7-5-4-6-8-14)13(2)25(23-19)17-10-9-16(24-28)11-15(17)12-22/h4-11H,3H2,1-2H3. The lowest BCUT2D eigenvalue weighted by molar-refractivity contribution is 0.0516. The molecular weight excluding hydrogens is 372 g/mol. The van der Waals surface area contributed by atoms with Gasteiger partial charge in [-0.3, -0.25) is 4.79 Å². The Labute approximate surface area is 166 Å². The summed E-state index contributed by atoms with van der Waals surface area (Å²) in [6.45, 7) is 3.39.